The van der Waals surface area contributed by atoms with Gasteiger partial charge >= 0.3 is 0 Å². The van der Waals surface area contributed by atoms with Crippen LogP contribution < -0.4 is 0 Å². The highest BCUT2D eigenvalue weighted by Crippen LogP contribution is 2.22. The van der Waals surface area contributed by atoms with Crippen molar-refractivity contribution < 1.29 is 0 Å². The number of aromatic nitrogens is 2. The Balaban J connectivity index is 1.97. The Kier molecular flexibility index (Phi) is 3.15. The second kappa shape index (κ2) is 5.11. The highest BCUT2D eigenvalue weighted by Gasteiger charge is 2.05. The molecule has 2 heteroatoms. The topological polar surface area (TPSA) is 28.7 Å². The van der Waals surface area contributed by atoms with E-state index in [2.05, 4.69) is 53.3 Å². The minimum atomic E-state index is 0.925. The number of hydrogen-bond donors (Lipinski definition) is 1. The third-order valence-corrected chi connectivity index (χ3v) is 3.27. The van der Waals surface area contributed by atoms with Crippen LogP contribution in [0.1, 0.15) is 12.5 Å². The van der Waals surface area contributed by atoms with E-state index in [9.17, 15) is 0 Å². The maximum atomic E-state index is 4.48. The molecule has 19 heavy (non-hydrogen) atoms. The first kappa shape index (κ1) is 11.7. The number of rotatable bonds is 3. The summed E-state index contributed by atoms with van der Waals surface area (Å²) in [5.74, 6) is 0.925. The predicted molar refractivity (Wildman–Crippen MR) is 78.8 cm³/mol. The van der Waals surface area contributed by atoms with Crippen molar-refractivity contribution in [2.24, 2.45) is 0 Å². The van der Waals surface area contributed by atoms with Crippen LogP contribution in [0.25, 0.3) is 22.6 Å². The third kappa shape index (κ3) is 2.43. The smallest absolute Gasteiger partial charge is 0.137 e. The van der Waals surface area contributed by atoms with Crippen LogP contribution in [0.3, 0.4) is 0 Å². The molecular formula is C17H16N2. The van der Waals surface area contributed by atoms with Crippen molar-refractivity contribution in [3.8, 4) is 22.6 Å². The fourth-order valence-electron chi connectivity index (χ4n) is 2.17. The zero-order valence-corrected chi connectivity index (χ0v) is 10.9. The second-order valence-electron chi connectivity index (χ2n) is 4.57. The highest BCUT2D eigenvalue weighted by molar-refractivity contribution is 5.64. The van der Waals surface area contributed by atoms with Crippen LogP contribution in [-0.2, 0) is 6.42 Å². The van der Waals surface area contributed by atoms with Crippen LogP contribution in [-0.4, -0.2) is 9.97 Å². The summed E-state index contributed by atoms with van der Waals surface area (Å²) < 4.78 is 0. The molecule has 0 spiro atoms. The van der Waals surface area contributed by atoms with Gasteiger partial charge in [0.25, 0.3) is 0 Å². The number of imidazole rings is 1. The van der Waals surface area contributed by atoms with E-state index in [1.54, 1.807) is 0 Å². The average Bonchev–Trinajstić information content (AvgIpc) is 2.98. The van der Waals surface area contributed by atoms with Gasteiger partial charge in [-0.2, -0.15) is 0 Å². The lowest BCUT2D eigenvalue weighted by molar-refractivity contribution is 1.14. The molecule has 0 aliphatic rings. The second-order valence-corrected chi connectivity index (χ2v) is 4.57. The summed E-state index contributed by atoms with van der Waals surface area (Å²) in [7, 11) is 0. The minimum Gasteiger partial charge on any atom is -0.338 e. The molecular weight excluding hydrogens is 232 g/mol. The Morgan fingerprint density at radius 3 is 2.53 bits per heavy atom. The number of nitrogens with one attached hydrogen (secondary N) is 1. The highest BCUT2D eigenvalue weighted by atomic mass is 14.9. The van der Waals surface area contributed by atoms with Crippen LogP contribution >= 0.6 is 0 Å². The molecule has 0 aliphatic heterocycles. The fourth-order valence-corrected chi connectivity index (χ4v) is 2.17. The summed E-state index contributed by atoms with van der Waals surface area (Å²) in [5, 5.41) is 0. The van der Waals surface area contributed by atoms with E-state index in [-0.39, 0.29) is 0 Å². The average molecular weight is 248 g/mol. The van der Waals surface area contributed by atoms with Gasteiger partial charge in [0.05, 0.1) is 11.9 Å². The normalized spacial score (nSPS) is 10.6. The Labute approximate surface area is 113 Å². The molecule has 94 valence electrons. The largest absolute Gasteiger partial charge is 0.338 e. The summed E-state index contributed by atoms with van der Waals surface area (Å²) in [4.78, 5) is 7.87. The first-order chi connectivity index (χ1) is 9.36. The molecule has 1 heterocycles. The summed E-state index contributed by atoms with van der Waals surface area (Å²) in [6.45, 7) is 2.16. The minimum absolute atomic E-state index is 0.925. The van der Waals surface area contributed by atoms with Crippen LogP contribution in [0.5, 0.6) is 0 Å². The molecule has 2 nitrogen and oxygen atoms in total. The van der Waals surface area contributed by atoms with Crippen molar-refractivity contribution in [3.05, 3.63) is 66.4 Å². The molecule has 3 aromatic rings. The number of aromatic amines is 1. The quantitative estimate of drug-likeness (QED) is 0.735. The number of nitrogens with zero attached hydrogens (tertiary/aromatic N) is 1. The molecule has 1 N–H and O–H groups in total. The van der Waals surface area contributed by atoms with Gasteiger partial charge in [0.2, 0.25) is 0 Å². The van der Waals surface area contributed by atoms with Gasteiger partial charge in [-0.1, -0.05) is 55.5 Å². The van der Waals surface area contributed by atoms with Gasteiger partial charge in [0.15, 0.2) is 0 Å². The van der Waals surface area contributed by atoms with E-state index in [0.29, 0.717) is 0 Å². The number of hydrogen-bond acceptors (Lipinski definition) is 1. The van der Waals surface area contributed by atoms with E-state index < -0.39 is 0 Å². The van der Waals surface area contributed by atoms with Crippen LogP contribution in [0.15, 0.2) is 60.8 Å². The lowest BCUT2D eigenvalue weighted by atomic mass is 10.1. The van der Waals surface area contributed by atoms with Gasteiger partial charge in [0, 0.05) is 5.56 Å². The molecule has 0 saturated carbocycles. The van der Waals surface area contributed by atoms with E-state index in [0.717, 1.165) is 29.1 Å². The predicted octanol–water partition coefficient (Wildman–Crippen LogP) is 4.31. The number of benzene rings is 2. The van der Waals surface area contributed by atoms with Gasteiger partial charge in [-0.15, -0.1) is 0 Å². The molecule has 2 aromatic carbocycles. The number of aryl methyl sites for hydroxylation is 1. The van der Waals surface area contributed by atoms with E-state index in [1.807, 2.05) is 24.4 Å². The van der Waals surface area contributed by atoms with Crippen molar-refractivity contribution in [1.82, 2.24) is 9.97 Å². The first-order valence-corrected chi connectivity index (χ1v) is 6.56. The molecule has 3 rings (SSSR count). The van der Waals surface area contributed by atoms with E-state index in [4.69, 9.17) is 0 Å². The van der Waals surface area contributed by atoms with Gasteiger partial charge in [0.1, 0.15) is 5.82 Å². The lowest BCUT2D eigenvalue weighted by Gasteiger charge is -2.00. The third-order valence-electron chi connectivity index (χ3n) is 3.27. The monoisotopic (exact) mass is 248 g/mol. The zero-order valence-electron chi connectivity index (χ0n) is 10.9. The summed E-state index contributed by atoms with van der Waals surface area (Å²) >= 11 is 0. The molecule has 0 amide bonds. The molecule has 0 saturated heterocycles. The van der Waals surface area contributed by atoms with Crippen molar-refractivity contribution in [3.63, 3.8) is 0 Å². The number of H-pyrrole nitrogens is 1. The van der Waals surface area contributed by atoms with Gasteiger partial charge in [-0.3, -0.25) is 0 Å². The summed E-state index contributed by atoms with van der Waals surface area (Å²) in [5.41, 5.74) is 4.68. The van der Waals surface area contributed by atoms with Crippen molar-refractivity contribution in [2.45, 2.75) is 13.3 Å². The SMILES string of the molecule is CCc1cccc(-c2ncc(-c3ccccc3)[nH]2)c1. The standard InChI is InChI=1S/C17H16N2/c1-2-13-7-6-10-15(11-13)17-18-12-16(19-17)14-8-4-3-5-9-14/h3-12H,2H2,1H3,(H,18,19). The van der Waals surface area contributed by atoms with Gasteiger partial charge < -0.3 is 4.98 Å². The molecule has 0 bridgehead atoms. The lowest BCUT2D eigenvalue weighted by Crippen LogP contribution is -1.84. The van der Waals surface area contributed by atoms with Crippen LogP contribution in [0, 0.1) is 0 Å². The molecule has 0 unspecified atom stereocenters. The van der Waals surface area contributed by atoms with E-state index in [1.165, 1.54) is 5.56 Å². The Hall–Kier alpha value is -2.35. The molecule has 0 radical (unpaired) electrons. The van der Waals surface area contributed by atoms with Gasteiger partial charge in [-0.05, 0) is 23.6 Å². The summed E-state index contributed by atoms with van der Waals surface area (Å²) in [6, 6.07) is 18.8. The molecule has 1 aromatic heterocycles. The molecule has 0 fully saturated rings. The van der Waals surface area contributed by atoms with Gasteiger partial charge in [-0.25, -0.2) is 4.98 Å². The fraction of sp³-hybridized carbons (Fsp3) is 0.118. The first-order valence-electron chi connectivity index (χ1n) is 6.56. The van der Waals surface area contributed by atoms with Crippen molar-refractivity contribution >= 4 is 0 Å². The van der Waals surface area contributed by atoms with Crippen molar-refractivity contribution in [2.75, 3.05) is 0 Å². The molecule has 0 aliphatic carbocycles. The van der Waals surface area contributed by atoms with Crippen LogP contribution in [0.2, 0.25) is 0 Å². The maximum absolute atomic E-state index is 4.48. The summed E-state index contributed by atoms with van der Waals surface area (Å²) in [6.07, 6.45) is 2.93. The Bertz CT molecular complexity index is 668. The zero-order chi connectivity index (χ0) is 13.1. The van der Waals surface area contributed by atoms with Crippen LogP contribution in [0.4, 0.5) is 0 Å². The Morgan fingerprint density at radius 1 is 0.947 bits per heavy atom. The maximum Gasteiger partial charge on any atom is 0.137 e. The molecule has 0 atom stereocenters. The van der Waals surface area contributed by atoms with Crippen molar-refractivity contribution in [1.29, 1.82) is 0 Å². The van der Waals surface area contributed by atoms with E-state index >= 15 is 0 Å². The Morgan fingerprint density at radius 2 is 1.74 bits per heavy atom.